The van der Waals surface area contributed by atoms with Crippen molar-refractivity contribution < 1.29 is 9.59 Å². The van der Waals surface area contributed by atoms with Crippen molar-refractivity contribution in [3.05, 3.63) is 65.5 Å². The van der Waals surface area contributed by atoms with Gasteiger partial charge in [-0.15, -0.1) is 0 Å². The number of H-pyrrole nitrogens is 1. The molecular formula is C21H20N4O2. The predicted molar refractivity (Wildman–Crippen MR) is 105 cm³/mol. The summed E-state index contributed by atoms with van der Waals surface area (Å²) in [7, 11) is 1.79. The van der Waals surface area contributed by atoms with E-state index in [0.29, 0.717) is 25.2 Å². The molecule has 0 saturated heterocycles. The summed E-state index contributed by atoms with van der Waals surface area (Å²) in [6, 6.07) is 10.1. The number of aromatic nitrogens is 2. The van der Waals surface area contributed by atoms with E-state index in [9.17, 15) is 9.59 Å². The highest BCUT2D eigenvalue weighted by Crippen LogP contribution is 2.21. The fourth-order valence-corrected chi connectivity index (χ4v) is 3.21. The summed E-state index contributed by atoms with van der Waals surface area (Å²) in [4.78, 5) is 32.9. The summed E-state index contributed by atoms with van der Waals surface area (Å²) in [5.74, 6) is 0.537. The van der Waals surface area contributed by atoms with Crippen LogP contribution in [0.2, 0.25) is 0 Å². The third-order valence-electron chi connectivity index (χ3n) is 4.70. The summed E-state index contributed by atoms with van der Waals surface area (Å²) < 4.78 is 0. The number of carbonyl (C=O) groups excluding carboxylic acids is 2. The molecule has 1 aromatic carbocycles. The Morgan fingerprint density at radius 1 is 1.26 bits per heavy atom. The average Bonchev–Trinajstić information content (AvgIpc) is 3.13. The van der Waals surface area contributed by atoms with Crippen molar-refractivity contribution in [1.29, 1.82) is 0 Å². The van der Waals surface area contributed by atoms with Crippen molar-refractivity contribution in [3.8, 4) is 0 Å². The van der Waals surface area contributed by atoms with Gasteiger partial charge in [0.2, 0.25) is 11.8 Å². The number of rotatable bonds is 4. The number of anilines is 1. The van der Waals surface area contributed by atoms with Crippen LogP contribution in [0, 0.1) is 0 Å². The molecule has 3 aromatic rings. The van der Waals surface area contributed by atoms with Crippen LogP contribution in [-0.2, 0) is 22.6 Å². The van der Waals surface area contributed by atoms with Gasteiger partial charge in [-0.2, -0.15) is 0 Å². The van der Waals surface area contributed by atoms with Gasteiger partial charge in [0.05, 0.1) is 0 Å². The Bertz CT molecular complexity index is 1050. The normalized spacial score (nSPS) is 13.6. The number of nitrogens with one attached hydrogen (secondary N) is 2. The predicted octanol–water partition coefficient (Wildman–Crippen LogP) is 3.12. The molecule has 0 fully saturated rings. The van der Waals surface area contributed by atoms with Crippen LogP contribution in [0.4, 0.5) is 5.82 Å². The van der Waals surface area contributed by atoms with Crippen LogP contribution in [0.1, 0.15) is 23.1 Å². The molecule has 1 aliphatic heterocycles. The molecule has 0 spiro atoms. The maximum absolute atomic E-state index is 12.4. The number of nitrogens with zero attached hydrogens (tertiary/aromatic N) is 2. The van der Waals surface area contributed by atoms with Crippen LogP contribution in [0.5, 0.6) is 0 Å². The molecule has 6 nitrogen and oxygen atoms in total. The molecular weight excluding hydrogens is 340 g/mol. The molecule has 2 aromatic heterocycles. The van der Waals surface area contributed by atoms with Gasteiger partial charge >= 0.3 is 0 Å². The molecule has 0 bridgehead atoms. The number of hydrogen-bond acceptors (Lipinski definition) is 3. The fraction of sp³-hybridized carbons (Fsp3) is 0.190. The second-order valence-corrected chi connectivity index (χ2v) is 6.75. The van der Waals surface area contributed by atoms with E-state index >= 15 is 0 Å². The number of aryl methyl sites for hydroxylation is 1. The van der Waals surface area contributed by atoms with Gasteiger partial charge in [-0.25, -0.2) is 4.98 Å². The van der Waals surface area contributed by atoms with E-state index in [0.717, 1.165) is 27.6 Å². The Labute approximate surface area is 156 Å². The lowest BCUT2D eigenvalue weighted by molar-refractivity contribution is -0.125. The van der Waals surface area contributed by atoms with Gasteiger partial charge in [0.1, 0.15) is 5.82 Å². The molecule has 6 heteroatoms. The van der Waals surface area contributed by atoms with Crippen molar-refractivity contribution in [3.63, 3.8) is 0 Å². The van der Waals surface area contributed by atoms with Gasteiger partial charge in [0, 0.05) is 44.0 Å². The first kappa shape index (κ1) is 17.0. The third-order valence-corrected chi connectivity index (χ3v) is 4.70. The van der Waals surface area contributed by atoms with Gasteiger partial charge in [-0.05, 0) is 58.8 Å². The Balaban J connectivity index is 1.42. The monoisotopic (exact) mass is 360 g/mol. The number of benzene rings is 1. The zero-order valence-corrected chi connectivity index (χ0v) is 15.0. The number of aromatic amines is 1. The molecule has 2 N–H and O–H groups in total. The molecule has 1 aliphatic rings. The molecule has 27 heavy (non-hydrogen) atoms. The third kappa shape index (κ3) is 3.74. The van der Waals surface area contributed by atoms with Crippen molar-refractivity contribution in [2.45, 2.75) is 19.4 Å². The van der Waals surface area contributed by atoms with Crippen molar-refractivity contribution >= 4 is 34.6 Å². The lowest BCUT2D eigenvalue weighted by Gasteiger charge is -2.16. The largest absolute Gasteiger partial charge is 0.361 e. The number of amides is 2. The summed E-state index contributed by atoms with van der Waals surface area (Å²) in [6.07, 6.45) is 8.02. The Hall–Kier alpha value is -3.41. The maximum Gasteiger partial charge on any atom is 0.246 e. The summed E-state index contributed by atoms with van der Waals surface area (Å²) in [6.45, 7) is 0.540. The second-order valence-electron chi connectivity index (χ2n) is 6.75. The SMILES string of the molecule is CN(Cc1ccc2[nH]ccc2c1)C(=O)/C=C/c1cnc2c(c1)CCC(=O)N2. The van der Waals surface area contributed by atoms with Gasteiger partial charge in [0.15, 0.2) is 0 Å². The first-order valence-electron chi connectivity index (χ1n) is 8.86. The number of pyridine rings is 1. The van der Waals surface area contributed by atoms with Gasteiger partial charge in [0.25, 0.3) is 0 Å². The molecule has 2 amide bonds. The van der Waals surface area contributed by atoms with Crippen molar-refractivity contribution in [2.75, 3.05) is 12.4 Å². The van der Waals surface area contributed by atoms with Gasteiger partial charge in [-0.3, -0.25) is 9.59 Å². The van der Waals surface area contributed by atoms with Crippen LogP contribution in [0.25, 0.3) is 17.0 Å². The van der Waals surface area contributed by atoms with Crippen LogP contribution in [0.3, 0.4) is 0 Å². The summed E-state index contributed by atoms with van der Waals surface area (Å²) in [5, 5.41) is 3.89. The van der Waals surface area contributed by atoms with E-state index in [-0.39, 0.29) is 11.8 Å². The highest BCUT2D eigenvalue weighted by molar-refractivity contribution is 5.93. The summed E-state index contributed by atoms with van der Waals surface area (Å²) in [5.41, 5.74) is 4.01. The molecule has 0 saturated carbocycles. The topological polar surface area (TPSA) is 78.1 Å². The maximum atomic E-state index is 12.4. The van der Waals surface area contributed by atoms with Crippen LogP contribution in [0.15, 0.2) is 48.8 Å². The fourth-order valence-electron chi connectivity index (χ4n) is 3.21. The number of likely N-dealkylation sites (N-methyl/N-ethyl adjacent to an activating group) is 1. The minimum atomic E-state index is -0.0739. The Morgan fingerprint density at radius 3 is 3.04 bits per heavy atom. The minimum absolute atomic E-state index is 0.00655. The number of fused-ring (bicyclic) bond motifs is 2. The Kier molecular flexibility index (Phi) is 4.46. The van der Waals surface area contributed by atoms with E-state index in [1.807, 2.05) is 30.5 Å². The van der Waals surface area contributed by atoms with E-state index < -0.39 is 0 Å². The molecule has 0 aliphatic carbocycles. The first-order chi connectivity index (χ1) is 13.1. The zero-order chi connectivity index (χ0) is 18.8. The standard InChI is InChI=1S/C21H20N4O2/c1-25(13-15-2-5-18-16(11-15)8-9-22-18)20(27)7-3-14-10-17-4-6-19(26)24-21(17)23-12-14/h2-3,5,7-12,22H,4,6,13H2,1H3,(H,23,24,26)/b7-3+. The summed E-state index contributed by atoms with van der Waals surface area (Å²) >= 11 is 0. The second kappa shape index (κ2) is 7.07. The molecule has 136 valence electrons. The quantitative estimate of drug-likeness (QED) is 0.702. The van der Waals surface area contributed by atoms with Crippen LogP contribution < -0.4 is 5.32 Å². The number of hydrogen-bond donors (Lipinski definition) is 2. The van der Waals surface area contributed by atoms with Crippen molar-refractivity contribution in [2.24, 2.45) is 0 Å². The molecule has 0 radical (unpaired) electrons. The van der Waals surface area contributed by atoms with Crippen LogP contribution in [-0.4, -0.2) is 33.7 Å². The molecule has 4 rings (SSSR count). The molecule has 3 heterocycles. The lowest BCUT2D eigenvalue weighted by atomic mass is 10.0. The van der Waals surface area contributed by atoms with E-state index in [1.54, 1.807) is 30.3 Å². The lowest BCUT2D eigenvalue weighted by Crippen LogP contribution is -2.24. The highest BCUT2D eigenvalue weighted by Gasteiger charge is 2.15. The minimum Gasteiger partial charge on any atom is -0.361 e. The first-order valence-corrected chi connectivity index (χ1v) is 8.86. The van der Waals surface area contributed by atoms with Crippen molar-refractivity contribution in [1.82, 2.24) is 14.9 Å². The van der Waals surface area contributed by atoms with E-state index in [1.165, 1.54) is 0 Å². The number of carbonyl (C=O) groups is 2. The van der Waals surface area contributed by atoms with Gasteiger partial charge in [-0.1, -0.05) is 6.07 Å². The zero-order valence-electron chi connectivity index (χ0n) is 15.0. The van der Waals surface area contributed by atoms with Gasteiger partial charge < -0.3 is 15.2 Å². The molecule has 0 unspecified atom stereocenters. The van der Waals surface area contributed by atoms with E-state index in [4.69, 9.17) is 0 Å². The van der Waals surface area contributed by atoms with Crippen LogP contribution >= 0.6 is 0 Å². The average molecular weight is 360 g/mol. The highest BCUT2D eigenvalue weighted by atomic mass is 16.2. The Morgan fingerprint density at radius 2 is 2.15 bits per heavy atom. The van der Waals surface area contributed by atoms with E-state index in [2.05, 4.69) is 21.4 Å². The smallest absolute Gasteiger partial charge is 0.246 e. The molecule has 0 atom stereocenters.